The highest BCUT2D eigenvalue weighted by molar-refractivity contribution is 5.92. The molecule has 0 aliphatic rings. The van der Waals surface area contributed by atoms with Gasteiger partial charge in [0.05, 0.1) is 0 Å². The molecule has 0 unspecified atom stereocenters. The smallest absolute Gasteiger partial charge is 0.265 e. The standard InChI is InChI=1S/C7H10N2O.ClH/c1-5-3-4-9(2)6(5)7(8)10;/h3-4H,1-2H3,(H2,8,10);1H. The second kappa shape index (κ2) is 3.44. The predicted molar refractivity (Wildman–Crippen MR) is 45.9 cm³/mol. The van der Waals surface area contributed by atoms with Gasteiger partial charge in [0.25, 0.3) is 5.91 Å². The molecule has 3 nitrogen and oxygen atoms in total. The molecule has 1 rings (SSSR count). The molecular formula is C7H11ClN2O. The van der Waals surface area contributed by atoms with Gasteiger partial charge >= 0.3 is 0 Å². The normalized spacial score (nSPS) is 8.91. The number of carbonyl (C=O) groups excluding carboxylic acids is 1. The Hall–Kier alpha value is -0.960. The molecular weight excluding hydrogens is 164 g/mol. The molecule has 0 saturated heterocycles. The van der Waals surface area contributed by atoms with E-state index < -0.39 is 0 Å². The van der Waals surface area contributed by atoms with E-state index in [1.165, 1.54) is 0 Å². The highest BCUT2D eigenvalue weighted by Gasteiger charge is 2.07. The minimum atomic E-state index is -0.370. The van der Waals surface area contributed by atoms with E-state index in [1.807, 2.05) is 19.2 Å². The Kier molecular flexibility index (Phi) is 3.14. The predicted octanol–water partition coefficient (Wildman–Crippen LogP) is 0.854. The van der Waals surface area contributed by atoms with Crippen molar-refractivity contribution in [3.8, 4) is 0 Å². The lowest BCUT2D eigenvalue weighted by Crippen LogP contribution is -2.16. The Labute approximate surface area is 71.6 Å². The average Bonchev–Trinajstić information content (AvgIpc) is 2.11. The summed E-state index contributed by atoms with van der Waals surface area (Å²) in [6.07, 6.45) is 1.81. The summed E-state index contributed by atoms with van der Waals surface area (Å²) in [5.74, 6) is -0.370. The maximum absolute atomic E-state index is 10.7. The first-order chi connectivity index (χ1) is 4.63. The van der Waals surface area contributed by atoms with Gasteiger partial charge in [-0.05, 0) is 18.6 Å². The first-order valence-electron chi connectivity index (χ1n) is 3.04. The van der Waals surface area contributed by atoms with Crippen molar-refractivity contribution in [2.45, 2.75) is 6.92 Å². The van der Waals surface area contributed by atoms with E-state index in [-0.39, 0.29) is 18.3 Å². The number of rotatable bonds is 1. The molecule has 0 fully saturated rings. The molecule has 0 atom stereocenters. The van der Waals surface area contributed by atoms with Gasteiger partial charge in [0.15, 0.2) is 0 Å². The molecule has 62 valence electrons. The SMILES string of the molecule is Cc1ccn(C)c1C(N)=O.Cl. The fraction of sp³-hybridized carbons (Fsp3) is 0.286. The number of nitrogens with two attached hydrogens (primary N) is 1. The van der Waals surface area contributed by atoms with Crippen molar-refractivity contribution in [3.05, 3.63) is 23.5 Å². The lowest BCUT2D eigenvalue weighted by molar-refractivity contribution is 0.0992. The summed E-state index contributed by atoms with van der Waals surface area (Å²) in [7, 11) is 1.80. The molecule has 0 aliphatic heterocycles. The van der Waals surface area contributed by atoms with Crippen LogP contribution in [0, 0.1) is 6.92 Å². The molecule has 1 amide bonds. The van der Waals surface area contributed by atoms with E-state index in [4.69, 9.17) is 5.73 Å². The minimum absolute atomic E-state index is 0. The van der Waals surface area contributed by atoms with E-state index >= 15 is 0 Å². The van der Waals surface area contributed by atoms with Crippen molar-refractivity contribution in [1.82, 2.24) is 4.57 Å². The van der Waals surface area contributed by atoms with Crippen LogP contribution in [0.4, 0.5) is 0 Å². The van der Waals surface area contributed by atoms with E-state index in [9.17, 15) is 4.79 Å². The van der Waals surface area contributed by atoms with Crippen LogP contribution in [0.3, 0.4) is 0 Å². The van der Waals surface area contributed by atoms with Crippen molar-refractivity contribution >= 4 is 18.3 Å². The molecule has 0 radical (unpaired) electrons. The van der Waals surface area contributed by atoms with Gasteiger partial charge in [-0.15, -0.1) is 12.4 Å². The zero-order valence-electron chi connectivity index (χ0n) is 6.50. The number of primary amides is 1. The number of aryl methyl sites for hydroxylation is 2. The fourth-order valence-electron chi connectivity index (χ4n) is 1.02. The van der Waals surface area contributed by atoms with E-state index in [0.29, 0.717) is 5.69 Å². The number of halogens is 1. The summed E-state index contributed by atoms with van der Waals surface area (Å²) in [6, 6.07) is 1.86. The summed E-state index contributed by atoms with van der Waals surface area (Å²) in [4.78, 5) is 10.7. The second-order valence-corrected chi connectivity index (χ2v) is 2.32. The zero-order chi connectivity index (χ0) is 7.72. The Bertz CT molecular complexity index is 248. The molecule has 0 saturated carbocycles. The average molecular weight is 175 g/mol. The van der Waals surface area contributed by atoms with Gasteiger partial charge in [-0.25, -0.2) is 0 Å². The summed E-state index contributed by atoms with van der Waals surface area (Å²) in [6.45, 7) is 1.86. The molecule has 1 aromatic rings. The quantitative estimate of drug-likeness (QED) is 0.675. The Morgan fingerprint density at radius 3 is 2.36 bits per heavy atom. The number of amides is 1. The van der Waals surface area contributed by atoms with Crippen molar-refractivity contribution in [2.24, 2.45) is 12.8 Å². The van der Waals surface area contributed by atoms with Crippen molar-refractivity contribution in [2.75, 3.05) is 0 Å². The van der Waals surface area contributed by atoms with Crippen LogP contribution in [0.5, 0.6) is 0 Å². The van der Waals surface area contributed by atoms with E-state index in [1.54, 1.807) is 11.6 Å². The largest absolute Gasteiger partial charge is 0.364 e. The van der Waals surface area contributed by atoms with Crippen LogP contribution >= 0.6 is 12.4 Å². The maximum Gasteiger partial charge on any atom is 0.265 e. The molecule has 4 heteroatoms. The fourth-order valence-corrected chi connectivity index (χ4v) is 1.02. The third kappa shape index (κ3) is 1.74. The van der Waals surface area contributed by atoms with Gasteiger partial charge in [-0.1, -0.05) is 0 Å². The number of hydrogen-bond donors (Lipinski definition) is 1. The first kappa shape index (κ1) is 10.0. The second-order valence-electron chi connectivity index (χ2n) is 2.32. The molecule has 1 aromatic heterocycles. The van der Waals surface area contributed by atoms with Gasteiger partial charge in [0, 0.05) is 13.2 Å². The van der Waals surface area contributed by atoms with Crippen molar-refractivity contribution in [1.29, 1.82) is 0 Å². The van der Waals surface area contributed by atoms with Crippen LogP contribution < -0.4 is 5.73 Å². The van der Waals surface area contributed by atoms with Gasteiger partial charge in [-0.2, -0.15) is 0 Å². The topological polar surface area (TPSA) is 48.0 Å². The minimum Gasteiger partial charge on any atom is -0.364 e. The van der Waals surface area contributed by atoms with Crippen LogP contribution in [-0.4, -0.2) is 10.5 Å². The third-order valence-corrected chi connectivity index (χ3v) is 1.51. The molecule has 0 aliphatic carbocycles. The van der Waals surface area contributed by atoms with Crippen LogP contribution in [0.25, 0.3) is 0 Å². The Morgan fingerprint density at radius 2 is 2.18 bits per heavy atom. The first-order valence-corrected chi connectivity index (χ1v) is 3.04. The van der Waals surface area contributed by atoms with Crippen LogP contribution in [0.1, 0.15) is 16.1 Å². The Balaban J connectivity index is 0.000001000. The van der Waals surface area contributed by atoms with E-state index in [2.05, 4.69) is 0 Å². The molecule has 0 spiro atoms. The highest BCUT2D eigenvalue weighted by atomic mass is 35.5. The summed E-state index contributed by atoms with van der Waals surface area (Å²) in [5, 5.41) is 0. The lowest BCUT2D eigenvalue weighted by Gasteiger charge is -1.97. The molecule has 1 heterocycles. The monoisotopic (exact) mass is 174 g/mol. The van der Waals surface area contributed by atoms with Crippen molar-refractivity contribution < 1.29 is 4.79 Å². The zero-order valence-corrected chi connectivity index (χ0v) is 7.31. The van der Waals surface area contributed by atoms with Crippen LogP contribution in [0.2, 0.25) is 0 Å². The molecule has 0 aromatic carbocycles. The molecule has 2 N–H and O–H groups in total. The number of carbonyl (C=O) groups is 1. The summed E-state index contributed by atoms with van der Waals surface area (Å²) < 4.78 is 1.72. The van der Waals surface area contributed by atoms with Gasteiger partial charge in [0.2, 0.25) is 0 Å². The van der Waals surface area contributed by atoms with Crippen LogP contribution in [-0.2, 0) is 7.05 Å². The number of nitrogens with zero attached hydrogens (tertiary/aromatic N) is 1. The number of hydrogen-bond acceptors (Lipinski definition) is 1. The van der Waals surface area contributed by atoms with Gasteiger partial charge in [0.1, 0.15) is 5.69 Å². The Morgan fingerprint density at radius 1 is 1.64 bits per heavy atom. The van der Waals surface area contributed by atoms with Crippen LogP contribution in [0.15, 0.2) is 12.3 Å². The van der Waals surface area contributed by atoms with Gasteiger partial charge < -0.3 is 10.3 Å². The summed E-state index contributed by atoms with van der Waals surface area (Å²) in [5.41, 5.74) is 6.61. The molecule has 11 heavy (non-hydrogen) atoms. The number of aromatic nitrogens is 1. The molecule has 0 bridgehead atoms. The van der Waals surface area contributed by atoms with Crippen molar-refractivity contribution in [3.63, 3.8) is 0 Å². The third-order valence-electron chi connectivity index (χ3n) is 1.51. The lowest BCUT2D eigenvalue weighted by atomic mass is 10.2. The maximum atomic E-state index is 10.7. The summed E-state index contributed by atoms with van der Waals surface area (Å²) >= 11 is 0. The van der Waals surface area contributed by atoms with E-state index in [0.717, 1.165) is 5.56 Å². The van der Waals surface area contributed by atoms with Gasteiger partial charge in [-0.3, -0.25) is 4.79 Å². The highest BCUT2D eigenvalue weighted by Crippen LogP contribution is 2.05.